The second-order valence-electron chi connectivity index (χ2n) is 10.3. The zero-order valence-electron chi connectivity index (χ0n) is 21.9. The summed E-state index contributed by atoms with van der Waals surface area (Å²) in [5.41, 5.74) is 2.19. The molecule has 2 unspecified atom stereocenters. The van der Waals surface area contributed by atoms with Crippen LogP contribution in [0.4, 0.5) is 4.79 Å². The summed E-state index contributed by atoms with van der Waals surface area (Å²) in [6.45, 7) is 6.41. The van der Waals surface area contributed by atoms with Gasteiger partial charge in [0.1, 0.15) is 5.60 Å². The number of ether oxygens (including phenoxy) is 3. The normalized spacial score (nSPS) is 18.4. The molecule has 0 aliphatic carbocycles. The van der Waals surface area contributed by atoms with E-state index in [-0.39, 0.29) is 24.5 Å². The molecule has 1 aliphatic rings. The third-order valence-electron chi connectivity index (χ3n) is 6.29. The lowest BCUT2D eigenvalue weighted by atomic mass is 9.93. The average Bonchev–Trinajstić information content (AvgIpc) is 2.87. The molecule has 2 atom stereocenters. The van der Waals surface area contributed by atoms with Crippen molar-refractivity contribution >= 4 is 22.9 Å². The Bertz CT molecular complexity index is 1220. The van der Waals surface area contributed by atoms with Crippen LogP contribution in [0, 0.1) is 0 Å². The second kappa shape index (κ2) is 11.8. The first-order valence-electron chi connectivity index (χ1n) is 12.6. The summed E-state index contributed by atoms with van der Waals surface area (Å²) in [4.78, 5) is 29.9. The number of rotatable bonds is 7. The molecule has 7 nitrogen and oxygen atoms in total. The molecular weight excluding hydrogens is 470 g/mol. The van der Waals surface area contributed by atoms with E-state index in [2.05, 4.69) is 30.3 Å². The molecular formula is C30H35NO6. The number of piperidine rings is 1. The molecule has 3 aromatic carbocycles. The van der Waals surface area contributed by atoms with Gasteiger partial charge in [0, 0.05) is 6.54 Å². The molecule has 1 fully saturated rings. The van der Waals surface area contributed by atoms with Crippen LogP contribution in [0.1, 0.15) is 56.3 Å². The van der Waals surface area contributed by atoms with Crippen LogP contribution in [0.25, 0.3) is 10.8 Å². The standard InChI is InChI=1S/C30H35NO6/c1-30(2,3)36-29(33)37-31-17-7-10-26(28(31)24-15-11-21(12-16-24)19-27(32)34-4)35-20-22-13-14-23-8-5-6-9-25(23)18-22/h5-6,8-9,11-16,18,26,28H,7,10,17,19-20H2,1-4H3. The van der Waals surface area contributed by atoms with E-state index in [4.69, 9.17) is 19.0 Å². The van der Waals surface area contributed by atoms with Crippen molar-refractivity contribution in [1.82, 2.24) is 5.06 Å². The minimum Gasteiger partial charge on any atom is -0.469 e. The summed E-state index contributed by atoms with van der Waals surface area (Å²) in [6.07, 6.45) is 0.865. The molecule has 37 heavy (non-hydrogen) atoms. The largest absolute Gasteiger partial charge is 0.528 e. The van der Waals surface area contributed by atoms with E-state index in [0.29, 0.717) is 13.2 Å². The van der Waals surface area contributed by atoms with E-state index in [9.17, 15) is 9.59 Å². The number of hydrogen-bond donors (Lipinski definition) is 0. The van der Waals surface area contributed by atoms with Crippen molar-refractivity contribution in [1.29, 1.82) is 0 Å². The van der Waals surface area contributed by atoms with Crippen LogP contribution in [-0.4, -0.2) is 42.5 Å². The Kier molecular flexibility index (Phi) is 8.46. The number of methoxy groups -OCH3 is 1. The van der Waals surface area contributed by atoms with Gasteiger partial charge in [-0.1, -0.05) is 60.7 Å². The summed E-state index contributed by atoms with van der Waals surface area (Å²) < 4.78 is 16.7. The van der Waals surface area contributed by atoms with E-state index in [1.807, 2.05) is 36.4 Å². The van der Waals surface area contributed by atoms with Crippen LogP contribution < -0.4 is 0 Å². The van der Waals surface area contributed by atoms with Gasteiger partial charge in [0.15, 0.2) is 0 Å². The van der Waals surface area contributed by atoms with Crippen molar-refractivity contribution in [3.05, 3.63) is 83.4 Å². The van der Waals surface area contributed by atoms with Gasteiger partial charge in [-0.3, -0.25) is 4.79 Å². The SMILES string of the molecule is COC(=O)Cc1ccc(C2C(OCc3ccc4ccccc4c3)CCCN2OC(=O)OC(C)(C)C)cc1. The first-order valence-corrected chi connectivity index (χ1v) is 12.6. The fraction of sp³-hybridized carbons (Fsp3) is 0.400. The topological polar surface area (TPSA) is 74.3 Å². The van der Waals surface area contributed by atoms with E-state index in [1.165, 1.54) is 17.9 Å². The molecule has 0 spiro atoms. The van der Waals surface area contributed by atoms with Crippen LogP contribution in [0.3, 0.4) is 0 Å². The van der Waals surface area contributed by atoms with Gasteiger partial charge in [0.25, 0.3) is 0 Å². The molecule has 196 valence electrons. The van der Waals surface area contributed by atoms with Crippen LogP contribution in [-0.2, 0) is 36.9 Å². The maximum Gasteiger partial charge on any atom is 0.528 e. The molecule has 0 N–H and O–H groups in total. The average molecular weight is 506 g/mol. The Hall–Kier alpha value is -3.42. The van der Waals surface area contributed by atoms with E-state index in [1.54, 1.807) is 25.8 Å². The van der Waals surface area contributed by atoms with Crippen molar-refractivity contribution in [2.75, 3.05) is 13.7 Å². The Morgan fingerprint density at radius 2 is 1.65 bits per heavy atom. The number of hydroxylamine groups is 2. The molecule has 7 heteroatoms. The smallest absolute Gasteiger partial charge is 0.469 e. The molecule has 0 aromatic heterocycles. The Morgan fingerprint density at radius 3 is 2.35 bits per heavy atom. The third-order valence-corrected chi connectivity index (χ3v) is 6.29. The molecule has 0 radical (unpaired) electrons. The maximum absolute atomic E-state index is 12.5. The highest BCUT2D eigenvalue weighted by atomic mass is 16.8. The fourth-order valence-corrected chi connectivity index (χ4v) is 4.56. The monoisotopic (exact) mass is 505 g/mol. The molecule has 1 saturated heterocycles. The second-order valence-corrected chi connectivity index (χ2v) is 10.3. The first kappa shape index (κ1) is 26.6. The number of carbonyl (C=O) groups is 2. The van der Waals surface area contributed by atoms with Gasteiger partial charge in [-0.15, -0.1) is 5.06 Å². The zero-order valence-corrected chi connectivity index (χ0v) is 21.9. The summed E-state index contributed by atoms with van der Waals surface area (Å²) in [7, 11) is 1.38. The Morgan fingerprint density at radius 1 is 0.946 bits per heavy atom. The van der Waals surface area contributed by atoms with Crippen LogP contribution in [0.2, 0.25) is 0 Å². The fourth-order valence-electron chi connectivity index (χ4n) is 4.56. The van der Waals surface area contributed by atoms with Crippen molar-refractivity contribution in [2.24, 2.45) is 0 Å². The van der Waals surface area contributed by atoms with E-state index >= 15 is 0 Å². The molecule has 1 heterocycles. The van der Waals surface area contributed by atoms with E-state index in [0.717, 1.165) is 29.5 Å². The highest BCUT2D eigenvalue weighted by molar-refractivity contribution is 5.82. The van der Waals surface area contributed by atoms with Crippen molar-refractivity contribution in [2.45, 2.75) is 64.4 Å². The van der Waals surface area contributed by atoms with Gasteiger partial charge < -0.3 is 19.0 Å². The molecule has 3 aromatic rings. The highest BCUT2D eigenvalue weighted by Gasteiger charge is 2.37. The van der Waals surface area contributed by atoms with Crippen molar-refractivity contribution in [3.63, 3.8) is 0 Å². The minimum atomic E-state index is -0.741. The van der Waals surface area contributed by atoms with Gasteiger partial charge in [-0.2, -0.15) is 0 Å². The third kappa shape index (κ3) is 7.31. The number of nitrogens with zero attached hydrogens (tertiary/aromatic N) is 1. The number of carbonyl (C=O) groups excluding carboxylic acids is 2. The minimum absolute atomic E-state index is 0.196. The van der Waals surface area contributed by atoms with Gasteiger partial charge in [0.2, 0.25) is 0 Å². The summed E-state index contributed by atoms with van der Waals surface area (Å²) in [5, 5.41) is 4.02. The Balaban J connectivity index is 1.55. The molecule has 0 amide bonds. The first-order chi connectivity index (χ1) is 17.7. The predicted molar refractivity (Wildman–Crippen MR) is 141 cm³/mol. The maximum atomic E-state index is 12.5. The quantitative estimate of drug-likeness (QED) is 0.357. The molecule has 1 aliphatic heterocycles. The lowest BCUT2D eigenvalue weighted by Gasteiger charge is -2.39. The lowest BCUT2D eigenvalue weighted by molar-refractivity contribution is -0.209. The van der Waals surface area contributed by atoms with Crippen molar-refractivity contribution in [3.8, 4) is 0 Å². The summed E-state index contributed by atoms with van der Waals surface area (Å²) in [6, 6.07) is 21.9. The van der Waals surface area contributed by atoms with Gasteiger partial charge in [0.05, 0.1) is 32.3 Å². The molecule has 4 rings (SSSR count). The number of esters is 1. The predicted octanol–water partition coefficient (Wildman–Crippen LogP) is 6.14. The number of hydrogen-bond acceptors (Lipinski definition) is 7. The van der Waals surface area contributed by atoms with E-state index < -0.39 is 11.8 Å². The summed E-state index contributed by atoms with van der Waals surface area (Å²) >= 11 is 0. The van der Waals surface area contributed by atoms with Gasteiger partial charge >= 0.3 is 12.1 Å². The lowest BCUT2D eigenvalue weighted by Crippen LogP contribution is -2.44. The van der Waals surface area contributed by atoms with Gasteiger partial charge in [-0.25, -0.2) is 4.79 Å². The van der Waals surface area contributed by atoms with Gasteiger partial charge in [-0.05, 0) is 67.1 Å². The highest BCUT2D eigenvalue weighted by Crippen LogP contribution is 2.35. The molecule has 0 bridgehead atoms. The van der Waals surface area contributed by atoms with Crippen molar-refractivity contribution < 1.29 is 28.6 Å². The van der Waals surface area contributed by atoms with Crippen LogP contribution in [0.15, 0.2) is 66.7 Å². The summed E-state index contributed by atoms with van der Waals surface area (Å²) in [5.74, 6) is -0.295. The van der Waals surface area contributed by atoms with Crippen LogP contribution >= 0.6 is 0 Å². The number of fused-ring (bicyclic) bond motifs is 1. The molecule has 0 saturated carbocycles. The van der Waals surface area contributed by atoms with Crippen LogP contribution in [0.5, 0.6) is 0 Å². The zero-order chi connectivity index (χ0) is 26.4. The number of benzene rings is 3. The Labute approximate surface area is 218 Å².